The predicted octanol–water partition coefficient (Wildman–Crippen LogP) is 3.43. The van der Waals surface area contributed by atoms with Crippen LogP contribution in [0.15, 0.2) is 18.2 Å². The lowest BCUT2D eigenvalue weighted by molar-refractivity contribution is 0.291. The number of benzene rings is 1. The molecule has 0 aliphatic carbocycles. The number of aromatic nitrogens is 3. The van der Waals surface area contributed by atoms with Crippen LogP contribution < -0.4 is 4.74 Å². The van der Waals surface area contributed by atoms with E-state index in [1.54, 1.807) is 13.0 Å². The highest BCUT2D eigenvalue weighted by molar-refractivity contribution is 6.28. The molecule has 0 atom stereocenters. The Morgan fingerprint density at radius 2 is 2.05 bits per heavy atom. The van der Waals surface area contributed by atoms with Gasteiger partial charge in [-0.25, -0.2) is 4.39 Å². The van der Waals surface area contributed by atoms with E-state index < -0.39 is 0 Å². The molecule has 0 bridgehead atoms. The zero-order valence-electron chi connectivity index (χ0n) is 10.7. The molecular weight excluding hydrogens is 269 g/mol. The van der Waals surface area contributed by atoms with Crippen molar-refractivity contribution < 1.29 is 9.13 Å². The highest BCUT2D eigenvalue weighted by atomic mass is 35.5. The Hall–Kier alpha value is -1.75. The summed E-state index contributed by atoms with van der Waals surface area (Å²) < 4.78 is 18.4. The van der Waals surface area contributed by atoms with E-state index in [9.17, 15) is 4.39 Å². The van der Waals surface area contributed by atoms with Crippen molar-refractivity contribution in [3.63, 3.8) is 0 Å². The molecule has 0 aliphatic rings. The summed E-state index contributed by atoms with van der Waals surface area (Å²) >= 11 is 5.85. The van der Waals surface area contributed by atoms with Gasteiger partial charge in [-0.1, -0.05) is 6.92 Å². The van der Waals surface area contributed by atoms with Crippen molar-refractivity contribution in [3.05, 3.63) is 34.9 Å². The summed E-state index contributed by atoms with van der Waals surface area (Å²) in [6.07, 6.45) is 0.841. The standard InChI is InChI=1S/C13H13ClFN3O/c1-3-6-19-13-17-11(16-12(14)18-13)10-5-4-9(15)7-8(10)2/h4-5,7H,3,6H2,1-2H3. The van der Waals surface area contributed by atoms with Gasteiger partial charge in [0.25, 0.3) is 0 Å². The lowest BCUT2D eigenvalue weighted by atomic mass is 10.1. The first kappa shape index (κ1) is 13.7. The second-order valence-corrected chi connectivity index (χ2v) is 4.36. The molecule has 1 aromatic carbocycles. The monoisotopic (exact) mass is 281 g/mol. The van der Waals surface area contributed by atoms with Crippen molar-refractivity contribution in [2.45, 2.75) is 20.3 Å². The van der Waals surface area contributed by atoms with Crippen molar-refractivity contribution in [2.75, 3.05) is 6.61 Å². The first-order chi connectivity index (χ1) is 9.10. The van der Waals surface area contributed by atoms with Crippen LogP contribution in [0.3, 0.4) is 0 Å². The van der Waals surface area contributed by atoms with Crippen molar-refractivity contribution in [1.82, 2.24) is 15.0 Å². The van der Waals surface area contributed by atoms with Crippen molar-refractivity contribution in [3.8, 4) is 17.4 Å². The predicted molar refractivity (Wildman–Crippen MR) is 70.8 cm³/mol. The summed E-state index contributed by atoms with van der Waals surface area (Å²) in [5.41, 5.74) is 1.43. The molecule has 0 fully saturated rings. The van der Waals surface area contributed by atoms with Crippen LogP contribution in [0.1, 0.15) is 18.9 Å². The Morgan fingerprint density at radius 1 is 1.26 bits per heavy atom. The molecule has 1 heterocycles. The zero-order valence-corrected chi connectivity index (χ0v) is 11.4. The second-order valence-electron chi connectivity index (χ2n) is 4.02. The maximum absolute atomic E-state index is 13.1. The third-order valence-electron chi connectivity index (χ3n) is 2.45. The minimum atomic E-state index is -0.302. The van der Waals surface area contributed by atoms with E-state index in [1.165, 1.54) is 12.1 Å². The zero-order chi connectivity index (χ0) is 13.8. The Labute approximate surface area is 115 Å². The van der Waals surface area contributed by atoms with Gasteiger partial charge >= 0.3 is 6.01 Å². The molecule has 1 aromatic heterocycles. The fraction of sp³-hybridized carbons (Fsp3) is 0.308. The van der Waals surface area contributed by atoms with Crippen LogP contribution >= 0.6 is 11.6 Å². The third-order valence-corrected chi connectivity index (χ3v) is 2.62. The van der Waals surface area contributed by atoms with Crippen LogP contribution in [0.4, 0.5) is 4.39 Å². The van der Waals surface area contributed by atoms with E-state index in [2.05, 4.69) is 15.0 Å². The molecule has 0 aliphatic heterocycles. The molecule has 2 rings (SSSR count). The number of halogens is 2. The first-order valence-corrected chi connectivity index (χ1v) is 6.29. The van der Waals surface area contributed by atoms with E-state index in [0.717, 1.165) is 12.0 Å². The van der Waals surface area contributed by atoms with E-state index in [0.29, 0.717) is 18.0 Å². The van der Waals surface area contributed by atoms with Crippen LogP contribution in [0.2, 0.25) is 5.28 Å². The van der Waals surface area contributed by atoms with Gasteiger partial charge in [0, 0.05) is 5.56 Å². The highest BCUT2D eigenvalue weighted by Crippen LogP contribution is 2.23. The Morgan fingerprint density at radius 3 is 2.74 bits per heavy atom. The molecule has 0 unspecified atom stereocenters. The molecule has 0 radical (unpaired) electrons. The fourth-order valence-corrected chi connectivity index (χ4v) is 1.74. The minimum Gasteiger partial charge on any atom is -0.463 e. The quantitative estimate of drug-likeness (QED) is 0.861. The molecule has 0 saturated heterocycles. The van der Waals surface area contributed by atoms with Crippen LogP contribution in [0.5, 0.6) is 6.01 Å². The number of ether oxygens (including phenoxy) is 1. The smallest absolute Gasteiger partial charge is 0.321 e. The van der Waals surface area contributed by atoms with Crippen LogP contribution in [0.25, 0.3) is 11.4 Å². The number of hydrogen-bond donors (Lipinski definition) is 0. The maximum Gasteiger partial charge on any atom is 0.321 e. The number of rotatable bonds is 4. The van der Waals surface area contributed by atoms with Gasteiger partial charge in [0.1, 0.15) is 5.82 Å². The second kappa shape index (κ2) is 5.93. The van der Waals surface area contributed by atoms with Gasteiger partial charge in [-0.05, 0) is 48.7 Å². The molecular formula is C13H13ClFN3O. The third kappa shape index (κ3) is 3.38. The van der Waals surface area contributed by atoms with Gasteiger partial charge in [0.2, 0.25) is 5.28 Å². The lowest BCUT2D eigenvalue weighted by Gasteiger charge is -2.07. The van der Waals surface area contributed by atoms with Crippen molar-refractivity contribution in [1.29, 1.82) is 0 Å². The van der Waals surface area contributed by atoms with Gasteiger partial charge in [0.15, 0.2) is 5.82 Å². The van der Waals surface area contributed by atoms with Crippen LogP contribution in [-0.2, 0) is 0 Å². The molecule has 0 amide bonds. The normalized spacial score (nSPS) is 10.5. The van der Waals surface area contributed by atoms with Crippen LogP contribution in [0, 0.1) is 12.7 Å². The number of hydrogen-bond acceptors (Lipinski definition) is 4. The van der Waals surface area contributed by atoms with E-state index >= 15 is 0 Å². The van der Waals surface area contributed by atoms with Crippen molar-refractivity contribution >= 4 is 11.6 Å². The maximum atomic E-state index is 13.1. The summed E-state index contributed by atoms with van der Waals surface area (Å²) in [7, 11) is 0. The molecule has 0 spiro atoms. The van der Waals surface area contributed by atoms with Gasteiger partial charge in [0.05, 0.1) is 6.61 Å². The SMILES string of the molecule is CCCOc1nc(Cl)nc(-c2ccc(F)cc2C)n1. The van der Waals surface area contributed by atoms with E-state index in [-0.39, 0.29) is 17.1 Å². The Kier molecular flexibility index (Phi) is 4.27. The largest absolute Gasteiger partial charge is 0.463 e. The summed E-state index contributed by atoms with van der Waals surface area (Å²) in [4.78, 5) is 12.1. The first-order valence-electron chi connectivity index (χ1n) is 5.91. The number of aryl methyl sites for hydroxylation is 1. The van der Waals surface area contributed by atoms with Gasteiger partial charge in [-0.15, -0.1) is 0 Å². The molecule has 0 saturated carbocycles. The average Bonchev–Trinajstić information content (AvgIpc) is 2.35. The molecule has 6 heteroatoms. The lowest BCUT2D eigenvalue weighted by Crippen LogP contribution is -2.03. The fourth-order valence-electron chi connectivity index (χ4n) is 1.59. The summed E-state index contributed by atoms with van der Waals surface area (Å²) in [6.45, 7) is 4.26. The van der Waals surface area contributed by atoms with Crippen molar-refractivity contribution in [2.24, 2.45) is 0 Å². The van der Waals surface area contributed by atoms with Crippen LogP contribution in [-0.4, -0.2) is 21.6 Å². The number of nitrogens with zero attached hydrogens (tertiary/aromatic N) is 3. The topological polar surface area (TPSA) is 47.9 Å². The Bertz CT molecular complexity index is 592. The van der Waals surface area contributed by atoms with E-state index in [4.69, 9.17) is 16.3 Å². The van der Waals surface area contributed by atoms with E-state index in [1.807, 2.05) is 6.92 Å². The average molecular weight is 282 g/mol. The summed E-state index contributed by atoms with van der Waals surface area (Å²) in [5, 5.41) is 0.0554. The van der Waals surface area contributed by atoms with Gasteiger partial charge < -0.3 is 4.74 Å². The summed E-state index contributed by atoms with van der Waals surface area (Å²) in [6, 6.07) is 4.56. The molecule has 4 nitrogen and oxygen atoms in total. The van der Waals surface area contributed by atoms with Gasteiger partial charge in [-0.2, -0.15) is 15.0 Å². The molecule has 19 heavy (non-hydrogen) atoms. The molecule has 100 valence electrons. The Balaban J connectivity index is 2.41. The molecule has 0 N–H and O–H groups in total. The van der Waals surface area contributed by atoms with Gasteiger partial charge in [-0.3, -0.25) is 0 Å². The minimum absolute atomic E-state index is 0.0554. The summed E-state index contributed by atoms with van der Waals surface area (Å²) in [5.74, 6) is 0.0764. The highest BCUT2D eigenvalue weighted by Gasteiger charge is 2.11. The molecule has 2 aromatic rings.